The lowest BCUT2D eigenvalue weighted by Gasteiger charge is -1.90. The van der Waals surface area contributed by atoms with Gasteiger partial charge in [0, 0.05) is 6.07 Å². The van der Waals surface area contributed by atoms with Crippen LogP contribution in [-0.4, -0.2) is 11.1 Å². The molecule has 1 N–H and O–H groups in total. The fourth-order valence-corrected chi connectivity index (χ4v) is 1.64. The highest BCUT2D eigenvalue weighted by Crippen LogP contribution is 2.14. The van der Waals surface area contributed by atoms with E-state index in [9.17, 15) is 4.79 Å². The van der Waals surface area contributed by atoms with Crippen LogP contribution in [0.1, 0.15) is 11.5 Å². The number of hydrogen-bond donors (Lipinski definition) is 1. The molecule has 0 saturated carbocycles. The zero-order chi connectivity index (χ0) is 11.0. The van der Waals surface area contributed by atoms with Crippen molar-refractivity contribution in [3.05, 3.63) is 29.7 Å². The van der Waals surface area contributed by atoms with E-state index < -0.39 is 5.97 Å². The summed E-state index contributed by atoms with van der Waals surface area (Å²) in [5, 5.41) is 8.78. The molecule has 0 unspecified atom stereocenters. The molecule has 0 atom stereocenters. The lowest BCUT2D eigenvalue weighted by atomic mass is 10.2. The number of carboxylic acid groups (broad SMARTS) is 1. The van der Waals surface area contributed by atoms with Gasteiger partial charge in [0.1, 0.15) is 0 Å². The Morgan fingerprint density at radius 3 is 2.75 bits per heavy atom. The average molecular weight is 333 g/mol. The van der Waals surface area contributed by atoms with Gasteiger partial charge < -0.3 is 33.5 Å². The standard InChI is InChI=1S/C11H11NO3.HI/c1-7-3-4-10-9(5-7)12(6-11(13)14)8(2)15-10;/h3-5H,6H2,1-2H3;1H. The number of aromatic nitrogens is 1. The van der Waals surface area contributed by atoms with E-state index in [1.54, 1.807) is 11.5 Å². The summed E-state index contributed by atoms with van der Waals surface area (Å²) in [4.78, 5) is 10.7. The van der Waals surface area contributed by atoms with Gasteiger partial charge in [0.05, 0.1) is 6.92 Å². The van der Waals surface area contributed by atoms with Crippen molar-refractivity contribution >= 4 is 17.1 Å². The number of carbonyl (C=O) groups is 1. The molecule has 0 fully saturated rings. The molecule has 1 aromatic heterocycles. The minimum atomic E-state index is -0.868. The van der Waals surface area contributed by atoms with Gasteiger partial charge in [0.15, 0.2) is 0 Å². The molecule has 0 bridgehead atoms. The molecule has 0 amide bonds. The highest BCUT2D eigenvalue weighted by atomic mass is 127. The molecule has 5 heteroatoms. The summed E-state index contributed by atoms with van der Waals surface area (Å²) in [7, 11) is 0. The molecule has 2 rings (SSSR count). The highest BCUT2D eigenvalue weighted by molar-refractivity contribution is 5.71. The molecular weight excluding hydrogens is 321 g/mol. The first-order valence-electron chi connectivity index (χ1n) is 4.69. The largest absolute Gasteiger partial charge is 1.00 e. The van der Waals surface area contributed by atoms with Gasteiger partial charge in [-0.3, -0.25) is 0 Å². The maximum absolute atomic E-state index is 10.7. The van der Waals surface area contributed by atoms with E-state index in [2.05, 4.69) is 0 Å². The summed E-state index contributed by atoms with van der Waals surface area (Å²) >= 11 is 0. The third kappa shape index (κ3) is 2.34. The van der Waals surface area contributed by atoms with Crippen molar-refractivity contribution in [2.24, 2.45) is 0 Å². The van der Waals surface area contributed by atoms with Gasteiger partial charge in [-0.2, -0.15) is 0 Å². The van der Waals surface area contributed by atoms with Crippen LogP contribution in [-0.2, 0) is 11.3 Å². The Morgan fingerprint density at radius 2 is 2.12 bits per heavy atom. The Hall–Kier alpha value is -1.11. The topological polar surface area (TPSA) is 54.3 Å². The Kier molecular flexibility index (Phi) is 3.90. The number of nitrogens with zero attached hydrogens (tertiary/aromatic N) is 1. The number of oxazole rings is 1. The SMILES string of the molecule is Cc1ccc2oc(C)[n+](CC(=O)O)c2c1.[I-]. The van der Waals surface area contributed by atoms with Crippen LogP contribution in [0.15, 0.2) is 22.6 Å². The van der Waals surface area contributed by atoms with Crippen molar-refractivity contribution in [1.29, 1.82) is 0 Å². The fraction of sp³-hybridized carbons (Fsp3) is 0.273. The smallest absolute Gasteiger partial charge is 0.370 e. The number of aliphatic carboxylic acids is 1. The van der Waals surface area contributed by atoms with Crippen molar-refractivity contribution in [2.75, 3.05) is 0 Å². The van der Waals surface area contributed by atoms with Crippen molar-refractivity contribution in [3.63, 3.8) is 0 Å². The predicted octanol–water partition coefficient (Wildman–Crippen LogP) is -1.57. The van der Waals surface area contributed by atoms with Crippen LogP contribution in [0.25, 0.3) is 11.1 Å². The molecule has 0 aliphatic rings. The number of benzene rings is 1. The van der Waals surface area contributed by atoms with E-state index in [1.807, 2.05) is 25.1 Å². The van der Waals surface area contributed by atoms with Crippen LogP contribution >= 0.6 is 0 Å². The van der Waals surface area contributed by atoms with Gasteiger partial charge in [-0.05, 0) is 18.6 Å². The lowest BCUT2D eigenvalue weighted by Crippen LogP contribution is -3.00. The third-order valence-corrected chi connectivity index (χ3v) is 2.34. The molecule has 0 radical (unpaired) electrons. The number of aryl methyl sites for hydroxylation is 2. The van der Waals surface area contributed by atoms with Gasteiger partial charge in [-0.25, -0.2) is 4.79 Å². The zero-order valence-electron chi connectivity index (χ0n) is 9.03. The molecule has 1 heterocycles. The highest BCUT2D eigenvalue weighted by Gasteiger charge is 2.21. The molecule has 1 aromatic carbocycles. The molecule has 2 aromatic rings. The molecule has 0 aliphatic heterocycles. The molecular formula is C11H12INO3. The summed E-state index contributed by atoms with van der Waals surface area (Å²) in [6.45, 7) is 3.66. The second kappa shape index (κ2) is 4.82. The van der Waals surface area contributed by atoms with Crippen LogP contribution in [0.3, 0.4) is 0 Å². The second-order valence-corrected chi connectivity index (χ2v) is 3.57. The Balaban J connectivity index is 0.00000128. The summed E-state index contributed by atoms with van der Waals surface area (Å²) in [5.74, 6) is -0.259. The summed E-state index contributed by atoms with van der Waals surface area (Å²) in [5.41, 5.74) is 2.64. The predicted molar refractivity (Wildman–Crippen MR) is 53.5 cm³/mol. The van der Waals surface area contributed by atoms with Gasteiger partial charge in [-0.15, -0.1) is 4.57 Å². The van der Waals surface area contributed by atoms with E-state index in [4.69, 9.17) is 9.52 Å². The Morgan fingerprint density at radius 1 is 1.44 bits per heavy atom. The minimum Gasteiger partial charge on any atom is -1.00 e. The molecule has 4 nitrogen and oxygen atoms in total. The maximum Gasteiger partial charge on any atom is 0.370 e. The van der Waals surface area contributed by atoms with Crippen molar-refractivity contribution in [3.8, 4) is 0 Å². The van der Waals surface area contributed by atoms with Gasteiger partial charge in [0.25, 0.3) is 5.52 Å². The minimum absolute atomic E-state index is 0. The van der Waals surface area contributed by atoms with Crippen LogP contribution in [0.5, 0.6) is 0 Å². The van der Waals surface area contributed by atoms with E-state index in [-0.39, 0.29) is 30.5 Å². The van der Waals surface area contributed by atoms with Gasteiger partial charge in [-0.1, -0.05) is 6.07 Å². The quantitative estimate of drug-likeness (QED) is 0.534. The monoisotopic (exact) mass is 333 g/mol. The van der Waals surface area contributed by atoms with Crippen molar-refractivity contribution in [1.82, 2.24) is 0 Å². The number of hydrogen-bond acceptors (Lipinski definition) is 2. The van der Waals surface area contributed by atoms with E-state index in [1.165, 1.54) is 0 Å². The molecule has 16 heavy (non-hydrogen) atoms. The van der Waals surface area contributed by atoms with Crippen LogP contribution in [0, 0.1) is 13.8 Å². The van der Waals surface area contributed by atoms with Crippen molar-refractivity contribution in [2.45, 2.75) is 20.4 Å². The molecule has 86 valence electrons. The van der Waals surface area contributed by atoms with Crippen LogP contribution in [0.2, 0.25) is 0 Å². The number of carboxylic acids is 1. The fourth-order valence-electron chi connectivity index (χ4n) is 1.64. The second-order valence-electron chi connectivity index (χ2n) is 3.57. The Bertz CT molecular complexity index is 533. The normalized spacial score (nSPS) is 10.1. The number of halogens is 1. The van der Waals surface area contributed by atoms with E-state index in [0.29, 0.717) is 5.89 Å². The third-order valence-electron chi connectivity index (χ3n) is 2.34. The summed E-state index contributed by atoms with van der Waals surface area (Å²) in [6.07, 6.45) is 0. The van der Waals surface area contributed by atoms with Gasteiger partial charge >= 0.3 is 11.9 Å². The lowest BCUT2D eigenvalue weighted by molar-refractivity contribution is -0.671. The maximum atomic E-state index is 10.7. The van der Waals surface area contributed by atoms with Crippen LogP contribution in [0.4, 0.5) is 0 Å². The van der Waals surface area contributed by atoms with Gasteiger partial charge in [0.2, 0.25) is 12.1 Å². The van der Waals surface area contributed by atoms with E-state index >= 15 is 0 Å². The first kappa shape index (κ1) is 13.0. The Labute approximate surface area is 110 Å². The summed E-state index contributed by atoms with van der Waals surface area (Å²) < 4.78 is 7.11. The average Bonchev–Trinajstić information content (AvgIpc) is 2.43. The van der Waals surface area contributed by atoms with Crippen LogP contribution < -0.4 is 28.5 Å². The molecule has 0 saturated heterocycles. The van der Waals surface area contributed by atoms with E-state index in [0.717, 1.165) is 16.7 Å². The number of fused-ring (bicyclic) bond motifs is 1. The number of rotatable bonds is 2. The zero-order valence-corrected chi connectivity index (χ0v) is 11.2. The molecule has 0 aliphatic carbocycles. The van der Waals surface area contributed by atoms with Crippen molar-refractivity contribution < 1.29 is 42.9 Å². The first-order chi connectivity index (χ1) is 7.08. The first-order valence-corrected chi connectivity index (χ1v) is 4.69. The molecule has 0 spiro atoms. The summed E-state index contributed by atoms with van der Waals surface area (Å²) in [6, 6.07) is 5.72.